The zero-order valence-corrected chi connectivity index (χ0v) is 20.6. The molecular weight excluding hydrogens is 539 g/mol. The van der Waals surface area contributed by atoms with Gasteiger partial charge in [0.25, 0.3) is 5.91 Å². The van der Waals surface area contributed by atoms with E-state index < -0.39 is 23.6 Å². The lowest BCUT2D eigenvalue weighted by atomic mass is 10.1. The van der Waals surface area contributed by atoms with Crippen molar-refractivity contribution in [3.05, 3.63) is 70.4 Å². The summed E-state index contributed by atoms with van der Waals surface area (Å²) in [5, 5.41) is 17.4. The number of benzene rings is 2. The Hall–Kier alpha value is -3.42. The molecular formula is C22H15ClF3N5O3S2. The fourth-order valence-electron chi connectivity index (χ4n) is 3.05. The summed E-state index contributed by atoms with van der Waals surface area (Å²) >= 11 is 8.27. The van der Waals surface area contributed by atoms with Crippen LogP contribution in [0.15, 0.2) is 57.4 Å². The molecule has 8 nitrogen and oxygen atoms in total. The number of aromatic nitrogens is 3. The minimum Gasteiger partial charge on any atom is -0.360 e. The number of hydrogen-bond donors (Lipinski definition) is 2. The van der Waals surface area contributed by atoms with Gasteiger partial charge in [-0.1, -0.05) is 64.1 Å². The van der Waals surface area contributed by atoms with Gasteiger partial charge in [0.2, 0.25) is 11.0 Å². The summed E-state index contributed by atoms with van der Waals surface area (Å²) < 4.78 is 44.1. The van der Waals surface area contributed by atoms with Crippen molar-refractivity contribution in [1.82, 2.24) is 15.4 Å². The van der Waals surface area contributed by atoms with E-state index in [4.69, 9.17) is 16.1 Å². The first-order chi connectivity index (χ1) is 17.1. The van der Waals surface area contributed by atoms with E-state index in [1.54, 1.807) is 31.2 Å². The third-order valence-electron chi connectivity index (χ3n) is 4.65. The summed E-state index contributed by atoms with van der Waals surface area (Å²) in [5.74, 6) is -0.892. The van der Waals surface area contributed by atoms with Crippen molar-refractivity contribution in [3.63, 3.8) is 0 Å². The van der Waals surface area contributed by atoms with Gasteiger partial charge in [-0.25, -0.2) is 0 Å². The van der Waals surface area contributed by atoms with E-state index in [9.17, 15) is 22.8 Å². The van der Waals surface area contributed by atoms with Gasteiger partial charge in [0.05, 0.1) is 16.3 Å². The Bertz CT molecular complexity index is 1420. The van der Waals surface area contributed by atoms with Crippen molar-refractivity contribution < 1.29 is 27.3 Å². The zero-order valence-electron chi connectivity index (χ0n) is 18.2. The molecule has 0 aliphatic carbocycles. The standard InChI is InChI=1S/C22H15ClF3N5O3S2/c1-11-17(18(31-34-11)14-7-2-3-8-15(14)23)19(33)28-20-29-30-21(36-20)35-10-16(32)27-13-6-4-5-12(9-13)22(24,25)26/h2-9H,10H2,1H3,(H,27,32)(H,28,29,33). The highest BCUT2D eigenvalue weighted by atomic mass is 35.5. The summed E-state index contributed by atoms with van der Waals surface area (Å²) in [7, 11) is 0. The van der Waals surface area contributed by atoms with Crippen molar-refractivity contribution in [1.29, 1.82) is 0 Å². The van der Waals surface area contributed by atoms with Gasteiger partial charge in [-0.3, -0.25) is 14.9 Å². The van der Waals surface area contributed by atoms with E-state index in [0.717, 1.165) is 35.2 Å². The molecule has 0 saturated carbocycles. The monoisotopic (exact) mass is 553 g/mol. The average Bonchev–Trinajstić information content (AvgIpc) is 3.43. The number of alkyl halides is 3. The molecule has 186 valence electrons. The van der Waals surface area contributed by atoms with Gasteiger partial charge < -0.3 is 9.84 Å². The second-order valence-electron chi connectivity index (χ2n) is 7.18. The SMILES string of the molecule is Cc1onc(-c2ccccc2Cl)c1C(=O)Nc1nnc(SCC(=O)Nc2cccc(C(F)(F)F)c2)s1. The molecule has 0 bridgehead atoms. The number of anilines is 2. The maximum atomic E-state index is 12.9. The van der Waals surface area contributed by atoms with Crippen LogP contribution in [0.5, 0.6) is 0 Å². The summed E-state index contributed by atoms with van der Waals surface area (Å²) in [5.41, 5.74) is 0.160. The molecule has 0 aliphatic heterocycles. The minimum atomic E-state index is -4.51. The van der Waals surface area contributed by atoms with Crippen LogP contribution in [0.4, 0.5) is 24.0 Å². The molecule has 0 fully saturated rings. The van der Waals surface area contributed by atoms with E-state index in [0.29, 0.717) is 14.9 Å². The number of carbonyl (C=O) groups excluding carboxylic acids is 2. The van der Waals surface area contributed by atoms with E-state index in [1.807, 2.05) is 0 Å². The Labute approximate surface area is 215 Å². The first kappa shape index (κ1) is 25.7. The highest BCUT2D eigenvalue weighted by molar-refractivity contribution is 8.01. The Morgan fingerprint density at radius 1 is 1.11 bits per heavy atom. The van der Waals surface area contributed by atoms with E-state index in [-0.39, 0.29) is 33.6 Å². The van der Waals surface area contributed by atoms with E-state index in [2.05, 4.69) is 26.0 Å². The van der Waals surface area contributed by atoms with E-state index in [1.165, 1.54) is 12.1 Å². The maximum absolute atomic E-state index is 12.9. The van der Waals surface area contributed by atoms with Crippen LogP contribution in [0, 0.1) is 6.92 Å². The second-order valence-corrected chi connectivity index (χ2v) is 9.79. The van der Waals surface area contributed by atoms with Gasteiger partial charge in [-0.15, -0.1) is 10.2 Å². The molecule has 36 heavy (non-hydrogen) atoms. The van der Waals surface area contributed by atoms with Gasteiger partial charge in [0.1, 0.15) is 17.0 Å². The quantitative estimate of drug-likeness (QED) is 0.208. The molecule has 0 unspecified atom stereocenters. The summed E-state index contributed by atoms with van der Waals surface area (Å²) in [6.07, 6.45) is -4.51. The zero-order chi connectivity index (χ0) is 25.9. The van der Waals surface area contributed by atoms with Gasteiger partial charge in [-0.2, -0.15) is 13.2 Å². The number of rotatable bonds is 7. The van der Waals surface area contributed by atoms with Crippen LogP contribution in [0.1, 0.15) is 21.7 Å². The molecule has 2 amide bonds. The number of carbonyl (C=O) groups is 2. The Balaban J connectivity index is 1.37. The minimum absolute atomic E-state index is 0.0269. The normalized spacial score (nSPS) is 11.4. The smallest absolute Gasteiger partial charge is 0.360 e. The maximum Gasteiger partial charge on any atom is 0.416 e. The molecule has 0 saturated heterocycles. The van der Waals surface area contributed by atoms with Gasteiger partial charge in [0.15, 0.2) is 4.34 Å². The predicted octanol–water partition coefficient (Wildman–Crippen LogP) is 6.16. The molecule has 0 atom stereocenters. The van der Waals surface area contributed by atoms with Crippen molar-refractivity contribution in [2.75, 3.05) is 16.4 Å². The van der Waals surface area contributed by atoms with Crippen LogP contribution in [0.25, 0.3) is 11.3 Å². The molecule has 2 aromatic carbocycles. The summed E-state index contributed by atoms with van der Waals surface area (Å²) in [4.78, 5) is 25.1. The molecule has 0 radical (unpaired) electrons. The number of halogens is 4. The van der Waals surface area contributed by atoms with Crippen LogP contribution in [-0.2, 0) is 11.0 Å². The second kappa shape index (κ2) is 10.7. The molecule has 0 aliphatic rings. The van der Waals surface area contributed by atoms with Gasteiger partial charge in [0, 0.05) is 11.3 Å². The van der Waals surface area contributed by atoms with Crippen molar-refractivity contribution >= 4 is 57.3 Å². The first-order valence-corrected chi connectivity index (χ1v) is 12.3. The average molecular weight is 554 g/mol. The Morgan fingerprint density at radius 2 is 1.89 bits per heavy atom. The molecule has 0 spiro atoms. The fourth-order valence-corrected chi connectivity index (χ4v) is 4.82. The lowest BCUT2D eigenvalue weighted by Gasteiger charge is -2.09. The van der Waals surface area contributed by atoms with Gasteiger partial charge in [-0.05, 0) is 31.2 Å². The number of nitrogens with zero attached hydrogens (tertiary/aromatic N) is 3. The summed E-state index contributed by atoms with van der Waals surface area (Å²) in [6.45, 7) is 1.59. The van der Waals surface area contributed by atoms with Crippen molar-refractivity contribution in [2.24, 2.45) is 0 Å². The molecule has 2 heterocycles. The molecule has 14 heteroatoms. The fraction of sp³-hybridized carbons (Fsp3) is 0.136. The first-order valence-electron chi connectivity index (χ1n) is 10.1. The lowest BCUT2D eigenvalue weighted by molar-refractivity contribution is -0.137. The van der Waals surface area contributed by atoms with Crippen LogP contribution in [0.3, 0.4) is 0 Å². The van der Waals surface area contributed by atoms with E-state index >= 15 is 0 Å². The topological polar surface area (TPSA) is 110 Å². The lowest BCUT2D eigenvalue weighted by Crippen LogP contribution is -2.15. The van der Waals surface area contributed by atoms with Crippen LogP contribution in [0.2, 0.25) is 5.02 Å². The molecule has 4 aromatic rings. The van der Waals surface area contributed by atoms with Crippen LogP contribution < -0.4 is 10.6 Å². The van der Waals surface area contributed by atoms with Crippen molar-refractivity contribution in [2.45, 2.75) is 17.4 Å². The molecule has 2 N–H and O–H groups in total. The number of thioether (sulfide) groups is 1. The van der Waals surface area contributed by atoms with Crippen LogP contribution >= 0.6 is 34.7 Å². The third-order valence-corrected chi connectivity index (χ3v) is 6.95. The number of aryl methyl sites for hydroxylation is 1. The Morgan fingerprint density at radius 3 is 2.64 bits per heavy atom. The molecule has 2 aromatic heterocycles. The van der Waals surface area contributed by atoms with Crippen molar-refractivity contribution in [3.8, 4) is 11.3 Å². The van der Waals surface area contributed by atoms with Crippen LogP contribution in [-0.4, -0.2) is 32.9 Å². The number of amides is 2. The number of nitrogens with one attached hydrogen (secondary N) is 2. The summed E-state index contributed by atoms with van der Waals surface area (Å²) in [6, 6.07) is 11.2. The molecule has 4 rings (SSSR count). The third kappa shape index (κ3) is 6.04. The number of hydrogen-bond acceptors (Lipinski definition) is 8. The Kier molecular flexibility index (Phi) is 7.62. The highest BCUT2D eigenvalue weighted by Gasteiger charge is 2.30. The van der Waals surface area contributed by atoms with Gasteiger partial charge >= 0.3 is 6.18 Å². The largest absolute Gasteiger partial charge is 0.416 e. The predicted molar refractivity (Wildman–Crippen MR) is 130 cm³/mol. The highest BCUT2D eigenvalue weighted by Crippen LogP contribution is 2.33.